The zero-order chi connectivity index (χ0) is 15.5. The standard InChI is InChI=1S/C14H17F3N2O2/c15-14(16,17)9-19(10-5-6-10)13(20)7-8-21-12-4-2-1-3-11(12)18/h1-4,10H,5-9,18H2. The number of benzene rings is 1. The second kappa shape index (κ2) is 6.24. The maximum Gasteiger partial charge on any atom is 0.406 e. The van der Waals surface area contributed by atoms with Gasteiger partial charge in [-0.3, -0.25) is 4.79 Å². The molecule has 0 radical (unpaired) electrons. The van der Waals surface area contributed by atoms with Crippen LogP contribution in [0.25, 0.3) is 0 Å². The number of rotatable bonds is 6. The topological polar surface area (TPSA) is 55.6 Å². The molecule has 0 spiro atoms. The monoisotopic (exact) mass is 302 g/mol. The van der Waals surface area contributed by atoms with Crippen LogP contribution in [0.4, 0.5) is 18.9 Å². The van der Waals surface area contributed by atoms with E-state index in [1.807, 2.05) is 0 Å². The third-order valence-electron chi connectivity index (χ3n) is 3.15. The number of nitrogen functional groups attached to an aromatic ring is 1. The normalized spacial score (nSPS) is 14.8. The van der Waals surface area contributed by atoms with Crippen LogP contribution in [0.5, 0.6) is 5.75 Å². The number of anilines is 1. The van der Waals surface area contributed by atoms with Crippen LogP contribution in [0, 0.1) is 0 Å². The first-order chi connectivity index (χ1) is 9.87. The van der Waals surface area contributed by atoms with Gasteiger partial charge in [-0.25, -0.2) is 0 Å². The summed E-state index contributed by atoms with van der Waals surface area (Å²) >= 11 is 0. The summed E-state index contributed by atoms with van der Waals surface area (Å²) in [7, 11) is 0. The molecule has 0 bridgehead atoms. The van der Waals surface area contributed by atoms with Gasteiger partial charge < -0.3 is 15.4 Å². The van der Waals surface area contributed by atoms with Gasteiger partial charge in [-0.05, 0) is 25.0 Å². The highest BCUT2D eigenvalue weighted by molar-refractivity contribution is 5.77. The quantitative estimate of drug-likeness (QED) is 0.822. The van der Waals surface area contributed by atoms with Gasteiger partial charge in [0.05, 0.1) is 18.7 Å². The van der Waals surface area contributed by atoms with Crippen molar-refractivity contribution in [3.63, 3.8) is 0 Å². The average molecular weight is 302 g/mol. The summed E-state index contributed by atoms with van der Waals surface area (Å²) < 4.78 is 42.7. The first-order valence-corrected chi connectivity index (χ1v) is 6.70. The lowest BCUT2D eigenvalue weighted by Gasteiger charge is -2.23. The molecule has 2 rings (SSSR count). The first kappa shape index (κ1) is 15.5. The van der Waals surface area contributed by atoms with Crippen molar-refractivity contribution in [1.29, 1.82) is 0 Å². The van der Waals surface area contributed by atoms with Gasteiger partial charge in [0.15, 0.2) is 0 Å². The molecule has 4 nitrogen and oxygen atoms in total. The Morgan fingerprint density at radius 2 is 2.00 bits per heavy atom. The van der Waals surface area contributed by atoms with Crippen LogP contribution in [0.1, 0.15) is 19.3 Å². The molecule has 0 unspecified atom stereocenters. The molecule has 1 aliphatic rings. The van der Waals surface area contributed by atoms with Gasteiger partial charge in [-0.15, -0.1) is 0 Å². The molecule has 1 saturated carbocycles. The molecule has 1 aromatic rings. The number of halogens is 3. The van der Waals surface area contributed by atoms with E-state index in [9.17, 15) is 18.0 Å². The largest absolute Gasteiger partial charge is 0.491 e. The minimum atomic E-state index is -4.37. The number of hydrogen-bond donors (Lipinski definition) is 1. The highest BCUT2D eigenvalue weighted by Crippen LogP contribution is 2.30. The summed E-state index contributed by atoms with van der Waals surface area (Å²) in [6, 6.07) is 6.49. The van der Waals surface area contributed by atoms with E-state index in [1.54, 1.807) is 24.3 Å². The van der Waals surface area contributed by atoms with Crippen LogP contribution < -0.4 is 10.5 Å². The number of nitrogens with zero attached hydrogens (tertiary/aromatic N) is 1. The van der Waals surface area contributed by atoms with E-state index >= 15 is 0 Å². The molecule has 1 aromatic carbocycles. The van der Waals surface area contributed by atoms with Gasteiger partial charge in [0.25, 0.3) is 0 Å². The van der Waals surface area contributed by atoms with Crippen molar-refractivity contribution in [2.75, 3.05) is 18.9 Å². The van der Waals surface area contributed by atoms with Crippen molar-refractivity contribution in [1.82, 2.24) is 4.90 Å². The molecule has 1 fully saturated rings. The SMILES string of the molecule is Nc1ccccc1OCCC(=O)N(CC(F)(F)F)C1CC1. The third kappa shape index (κ3) is 4.84. The second-order valence-electron chi connectivity index (χ2n) is 5.00. The Hall–Kier alpha value is -1.92. The molecule has 7 heteroatoms. The van der Waals surface area contributed by atoms with E-state index in [-0.39, 0.29) is 19.1 Å². The molecule has 2 N–H and O–H groups in total. The van der Waals surface area contributed by atoms with Gasteiger partial charge in [-0.2, -0.15) is 13.2 Å². The number of carbonyl (C=O) groups is 1. The highest BCUT2D eigenvalue weighted by Gasteiger charge is 2.40. The van der Waals surface area contributed by atoms with Crippen LogP contribution in [-0.4, -0.2) is 36.2 Å². The van der Waals surface area contributed by atoms with E-state index in [0.29, 0.717) is 24.3 Å². The lowest BCUT2D eigenvalue weighted by Crippen LogP contribution is -2.41. The summed E-state index contributed by atoms with van der Waals surface area (Å²) in [5.74, 6) is -0.108. The molecule has 1 amide bonds. The van der Waals surface area contributed by atoms with E-state index in [1.165, 1.54) is 0 Å². The third-order valence-corrected chi connectivity index (χ3v) is 3.15. The summed E-state index contributed by atoms with van der Waals surface area (Å²) in [6.07, 6.45) is -3.20. The predicted molar refractivity (Wildman–Crippen MR) is 71.8 cm³/mol. The van der Waals surface area contributed by atoms with Gasteiger partial charge in [0.1, 0.15) is 12.3 Å². The van der Waals surface area contributed by atoms with Crippen LogP contribution in [0.2, 0.25) is 0 Å². The maximum atomic E-state index is 12.5. The van der Waals surface area contributed by atoms with Crippen LogP contribution in [0.15, 0.2) is 24.3 Å². The lowest BCUT2D eigenvalue weighted by molar-refractivity contribution is -0.162. The number of amides is 1. The number of ether oxygens (including phenoxy) is 1. The Balaban J connectivity index is 1.84. The summed E-state index contributed by atoms with van der Waals surface area (Å²) in [5.41, 5.74) is 6.10. The van der Waals surface area contributed by atoms with Crippen molar-refractivity contribution in [2.24, 2.45) is 0 Å². The minimum Gasteiger partial charge on any atom is -0.491 e. The average Bonchev–Trinajstić information content (AvgIpc) is 3.21. The molecule has 0 aliphatic heterocycles. The highest BCUT2D eigenvalue weighted by atomic mass is 19.4. The smallest absolute Gasteiger partial charge is 0.406 e. The van der Waals surface area contributed by atoms with Crippen molar-refractivity contribution in [3.05, 3.63) is 24.3 Å². The predicted octanol–water partition coefficient (Wildman–Crippen LogP) is 2.59. The van der Waals surface area contributed by atoms with Gasteiger partial charge in [0, 0.05) is 6.04 Å². The molecule has 0 heterocycles. The van der Waals surface area contributed by atoms with Crippen molar-refractivity contribution in [2.45, 2.75) is 31.5 Å². The van der Waals surface area contributed by atoms with Crippen LogP contribution >= 0.6 is 0 Å². The molecule has 21 heavy (non-hydrogen) atoms. The summed E-state index contributed by atoms with van der Waals surface area (Å²) in [4.78, 5) is 12.8. The van der Waals surface area contributed by atoms with E-state index < -0.39 is 18.6 Å². The Bertz CT molecular complexity index is 501. The van der Waals surface area contributed by atoms with Gasteiger partial charge in [-0.1, -0.05) is 12.1 Å². The maximum absolute atomic E-state index is 12.5. The number of nitrogens with two attached hydrogens (primary N) is 1. The fourth-order valence-electron chi connectivity index (χ4n) is 2.00. The molecule has 116 valence electrons. The van der Waals surface area contributed by atoms with Crippen molar-refractivity contribution in [3.8, 4) is 5.75 Å². The lowest BCUT2D eigenvalue weighted by atomic mass is 10.3. The second-order valence-corrected chi connectivity index (χ2v) is 5.00. The van der Waals surface area contributed by atoms with Crippen molar-refractivity contribution >= 4 is 11.6 Å². The Labute approximate surface area is 120 Å². The fraction of sp³-hybridized carbons (Fsp3) is 0.500. The van der Waals surface area contributed by atoms with Crippen molar-refractivity contribution < 1.29 is 22.7 Å². The van der Waals surface area contributed by atoms with Gasteiger partial charge >= 0.3 is 6.18 Å². The first-order valence-electron chi connectivity index (χ1n) is 6.70. The Kier molecular flexibility index (Phi) is 4.59. The van der Waals surface area contributed by atoms with E-state index in [0.717, 1.165) is 4.90 Å². The Morgan fingerprint density at radius 3 is 2.57 bits per heavy atom. The van der Waals surface area contributed by atoms with E-state index in [2.05, 4.69) is 0 Å². The van der Waals surface area contributed by atoms with Crippen LogP contribution in [0.3, 0.4) is 0 Å². The molecule has 0 saturated heterocycles. The molecular weight excluding hydrogens is 285 g/mol. The molecule has 1 aliphatic carbocycles. The zero-order valence-corrected chi connectivity index (χ0v) is 11.4. The number of carbonyl (C=O) groups excluding carboxylic acids is 1. The fourth-order valence-corrected chi connectivity index (χ4v) is 2.00. The zero-order valence-electron chi connectivity index (χ0n) is 11.4. The molecular formula is C14H17F3N2O2. The minimum absolute atomic E-state index is 0.00806. The van der Waals surface area contributed by atoms with Gasteiger partial charge in [0.2, 0.25) is 5.91 Å². The summed E-state index contributed by atoms with van der Waals surface area (Å²) in [6.45, 7) is -1.18. The number of hydrogen-bond acceptors (Lipinski definition) is 3. The molecule has 0 atom stereocenters. The number of para-hydroxylation sites is 2. The number of alkyl halides is 3. The van der Waals surface area contributed by atoms with E-state index in [4.69, 9.17) is 10.5 Å². The summed E-state index contributed by atoms with van der Waals surface area (Å²) in [5, 5.41) is 0. The Morgan fingerprint density at radius 1 is 1.33 bits per heavy atom. The van der Waals surface area contributed by atoms with Crippen LogP contribution in [-0.2, 0) is 4.79 Å². The molecule has 0 aromatic heterocycles.